The topological polar surface area (TPSA) is 87.3 Å². The van der Waals surface area contributed by atoms with Crippen LogP contribution in [0.4, 0.5) is 9.52 Å². The van der Waals surface area contributed by atoms with Crippen LogP contribution in [0.3, 0.4) is 0 Å². The van der Waals surface area contributed by atoms with E-state index < -0.39 is 18.2 Å². The Labute approximate surface area is 164 Å². The second kappa shape index (κ2) is 7.85. The number of amides is 1. The smallest absolute Gasteiger partial charge is 0.349 e. The molecule has 1 aliphatic rings. The standard InChI is InChI=1S/C17H20ClFN4O3S/c1-8-13(18)9(2)21-14(8)15(24)22-11-4-5-23(7-10(11)19)17-20-6-12(27-17)16(25)26-3/h6,10-11,21H,4-5,7H2,1-3H3,(H,22,24)/t10-,11+/m0/s1. The van der Waals surface area contributed by atoms with Gasteiger partial charge in [0.05, 0.1) is 30.9 Å². The zero-order valence-corrected chi connectivity index (χ0v) is 16.7. The van der Waals surface area contributed by atoms with Crippen LogP contribution in [0.25, 0.3) is 0 Å². The van der Waals surface area contributed by atoms with Crippen LogP contribution >= 0.6 is 22.9 Å². The van der Waals surface area contributed by atoms with Gasteiger partial charge < -0.3 is 19.9 Å². The van der Waals surface area contributed by atoms with Gasteiger partial charge in [-0.15, -0.1) is 0 Å². The maximum Gasteiger partial charge on any atom is 0.349 e. The number of carbonyl (C=O) groups is 2. The molecule has 0 spiro atoms. The van der Waals surface area contributed by atoms with Gasteiger partial charge in [-0.2, -0.15) is 0 Å². The summed E-state index contributed by atoms with van der Waals surface area (Å²) in [5.74, 6) is -0.834. The molecule has 146 valence electrons. The Kier molecular flexibility index (Phi) is 5.71. The third kappa shape index (κ3) is 3.93. The number of ether oxygens (including phenoxy) is 1. The minimum atomic E-state index is -1.26. The van der Waals surface area contributed by atoms with Gasteiger partial charge in [0.15, 0.2) is 5.13 Å². The second-order valence-electron chi connectivity index (χ2n) is 6.39. The van der Waals surface area contributed by atoms with Crippen molar-refractivity contribution in [1.29, 1.82) is 0 Å². The first-order chi connectivity index (χ1) is 12.8. The molecule has 1 amide bonds. The van der Waals surface area contributed by atoms with Gasteiger partial charge in [0, 0.05) is 12.2 Å². The van der Waals surface area contributed by atoms with Crippen molar-refractivity contribution in [2.45, 2.75) is 32.5 Å². The van der Waals surface area contributed by atoms with Crippen molar-refractivity contribution >= 4 is 39.9 Å². The molecule has 2 aromatic rings. The minimum absolute atomic E-state index is 0.0859. The number of halogens is 2. The maximum absolute atomic E-state index is 14.7. The third-order valence-electron chi connectivity index (χ3n) is 4.58. The van der Waals surface area contributed by atoms with E-state index in [9.17, 15) is 14.0 Å². The van der Waals surface area contributed by atoms with Gasteiger partial charge in [-0.25, -0.2) is 14.2 Å². The number of nitrogens with zero attached hydrogens (tertiary/aromatic N) is 2. The molecule has 7 nitrogen and oxygen atoms in total. The molecule has 2 atom stereocenters. The molecule has 2 N–H and O–H groups in total. The number of esters is 1. The molecule has 3 rings (SSSR count). The summed E-state index contributed by atoms with van der Waals surface area (Å²) >= 11 is 7.26. The van der Waals surface area contributed by atoms with E-state index in [4.69, 9.17) is 11.6 Å². The Morgan fingerprint density at radius 1 is 1.48 bits per heavy atom. The Balaban J connectivity index is 1.63. The van der Waals surface area contributed by atoms with Crippen molar-refractivity contribution < 1.29 is 18.7 Å². The molecule has 0 unspecified atom stereocenters. The lowest BCUT2D eigenvalue weighted by Crippen LogP contribution is -2.52. The van der Waals surface area contributed by atoms with E-state index >= 15 is 0 Å². The molecule has 0 radical (unpaired) electrons. The molecule has 27 heavy (non-hydrogen) atoms. The van der Waals surface area contributed by atoms with Crippen LogP contribution in [-0.4, -0.2) is 54.3 Å². The highest BCUT2D eigenvalue weighted by molar-refractivity contribution is 7.17. The SMILES string of the molecule is COC(=O)c1cnc(N2CC[C@@H](NC(=O)c3[nH]c(C)c(Cl)c3C)[C@@H](F)C2)s1. The van der Waals surface area contributed by atoms with Gasteiger partial charge in [0.25, 0.3) is 5.91 Å². The van der Waals surface area contributed by atoms with Crippen LogP contribution in [0.1, 0.15) is 37.8 Å². The fourth-order valence-electron chi connectivity index (χ4n) is 3.04. The number of rotatable bonds is 4. The number of nitrogens with one attached hydrogen (secondary N) is 2. The second-order valence-corrected chi connectivity index (χ2v) is 7.78. The van der Waals surface area contributed by atoms with Crippen LogP contribution < -0.4 is 10.2 Å². The Morgan fingerprint density at radius 3 is 2.81 bits per heavy atom. The first-order valence-electron chi connectivity index (χ1n) is 8.40. The number of aromatic amines is 1. The molecule has 3 heterocycles. The fraction of sp³-hybridized carbons (Fsp3) is 0.471. The van der Waals surface area contributed by atoms with E-state index in [2.05, 4.69) is 20.0 Å². The summed E-state index contributed by atoms with van der Waals surface area (Å²) in [7, 11) is 1.30. The van der Waals surface area contributed by atoms with Crippen molar-refractivity contribution in [1.82, 2.24) is 15.3 Å². The summed E-state index contributed by atoms with van der Waals surface area (Å²) in [5, 5.41) is 3.82. The van der Waals surface area contributed by atoms with Crippen molar-refractivity contribution in [3.63, 3.8) is 0 Å². The van der Waals surface area contributed by atoms with Crippen LogP contribution in [0.15, 0.2) is 6.20 Å². The number of aryl methyl sites for hydroxylation is 1. The molecule has 1 fully saturated rings. The highest BCUT2D eigenvalue weighted by Gasteiger charge is 2.32. The number of hydrogen-bond acceptors (Lipinski definition) is 6. The molecular weight excluding hydrogens is 395 g/mol. The molecule has 2 aromatic heterocycles. The molecule has 0 aliphatic carbocycles. The van der Waals surface area contributed by atoms with E-state index in [-0.39, 0.29) is 12.5 Å². The number of methoxy groups -OCH3 is 1. The Morgan fingerprint density at radius 2 is 2.22 bits per heavy atom. The molecule has 0 aromatic carbocycles. The summed E-state index contributed by atoms with van der Waals surface area (Å²) in [4.78, 5) is 33.2. The summed E-state index contributed by atoms with van der Waals surface area (Å²) in [5.41, 5.74) is 1.71. The molecular formula is C17H20ClFN4O3S. The zero-order valence-electron chi connectivity index (χ0n) is 15.1. The van der Waals surface area contributed by atoms with Gasteiger partial charge >= 0.3 is 5.97 Å². The average molecular weight is 415 g/mol. The predicted octanol–water partition coefficient (Wildman–Crippen LogP) is 2.87. The normalized spacial score (nSPS) is 19.8. The molecule has 1 aliphatic heterocycles. The Hall–Kier alpha value is -2.13. The number of hydrogen-bond donors (Lipinski definition) is 2. The van der Waals surface area contributed by atoms with Gasteiger partial charge in [0.2, 0.25) is 0 Å². The van der Waals surface area contributed by atoms with Crippen LogP contribution in [0, 0.1) is 13.8 Å². The van der Waals surface area contributed by atoms with Crippen LogP contribution in [0.2, 0.25) is 5.02 Å². The van der Waals surface area contributed by atoms with Crippen molar-refractivity contribution in [2.24, 2.45) is 0 Å². The van der Waals surface area contributed by atoms with Crippen LogP contribution in [0.5, 0.6) is 0 Å². The Bertz CT molecular complexity index is 868. The van der Waals surface area contributed by atoms with E-state index in [1.807, 2.05) is 0 Å². The zero-order chi connectivity index (χ0) is 19.7. The third-order valence-corrected chi connectivity index (χ3v) is 6.19. The molecule has 1 saturated heterocycles. The fourth-order valence-corrected chi connectivity index (χ4v) is 4.05. The predicted molar refractivity (Wildman–Crippen MR) is 102 cm³/mol. The van der Waals surface area contributed by atoms with Gasteiger partial charge in [-0.05, 0) is 25.8 Å². The number of alkyl halides is 1. The number of H-pyrrole nitrogens is 1. The summed E-state index contributed by atoms with van der Waals surface area (Å²) in [6, 6.07) is -0.601. The number of piperidine rings is 1. The lowest BCUT2D eigenvalue weighted by molar-refractivity contribution is 0.0606. The van der Waals surface area contributed by atoms with E-state index in [1.165, 1.54) is 13.3 Å². The van der Waals surface area contributed by atoms with E-state index in [1.54, 1.807) is 18.7 Å². The molecule has 0 bridgehead atoms. The first-order valence-corrected chi connectivity index (χ1v) is 9.60. The average Bonchev–Trinajstić information content (AvgIpc) is 3.24. The quantitative estimate of drug-likeness (QED) is 0.751. The lowest BCUT2D eigenvalue weighted by atomic mass is 10.0. The van der Waals surface area contributed by atoms with Gasteiger partial charge in [-0.3, -0.25) is 4.79 Å². The van der Waals surface area contributed by atoms with Gasteiger partial charge in [0.1, 0.15) is 16.7 Å². The van der Waals surface area contributed by atoms with Crippen molar-refractivity contribution in [3.8, 4) is 0 Å². The number of thiazole rings is 1. The minimum Gasteiger partial charge on any atom is -0.465 e. The number of anilines is 1. The summed E-state index contributed by atoms with van der Waals surface area (Å²) < 4.78 is 19.3. The molecule has 10 heteroatoms. The first kappa shape index (κ1) is 19.6. The van der Waals surface area contributed by atoms with E-state index in [0.29, 0.717) is 44.9 Å². The van der Waals surface area contributed by atoms with E-state index in [0.717, 1.165) is 11.3 Å². The lowest BCUT2D eigenvalue weighted by Gasteiger charge is -2.34. The summed E-state index contributed by atoms with van der Waals surface area (Å²) in [6.45, 7) is 4.13. The highest BCUT2D eigenvalue weighted by Crippen LogP contribution is 2.28. The van der Waals surface area contributed by atoms with Crippen molar-refractivity contribution in [3.05, 3.63) is 33.0 Å². The highest BCUT2D eigenvalue weighted by atomic mass is 35.5. The number of aromatic nitrogens is 2. The van der Waals surface area contributed by atoms with Gasteiger partial charge in [-0.1, -0.05) is 22.9 Å². The van der Waals surface area contributed by atoms with Crippen LogP contribution in [-0.2, 0) is 4.74 Å². The van der Waals surface area contributed by atoms with Crippen molar-refractivity contribution in [2.75, 3.05) is 25.1 Å². The monoisotopic (exact) mass is 414 g/mol. The maximum atomic E-state index is 14.7. The number of carbonyl (C=O) groups excluding carboxylic acids is 2. The summed E-state index contributed by atoms with van der Waals surface area (Å²) in [6.07, 6.45) is 0.583. The molecule has 0 saturated carbocycles. The largest absolute Gasteiger partial charge is 0.465 e.